The Morgan fingerprint density at radius 3 is 2.60 bits per heavy atom. The molecule has 82 valence electrons. The predicted molar refractivity (Wildman–Crippen MR) is 67.6 cm³/mol. The van der Waals surface area contributed by atoms with E-state index in [0.717, 1.165) is 26.0 Å². The second kappa shape index (κ2) is 5.08. The van der Waals surface area contributed by atoms with Crippen molar-refractivity contribution in [1.82, 2.24) is 0 Å². The normalized spacial score (nSPS) is 18.0. The fourth-order valence-corrected chi connectivity index (χ4v) is 4.50. The molecule has 5 heteroatoms. The van der Waals surface area contributed by atoms with Gasteiger partial charge in [-0.25, -0.2) is 0 Å². The number of ketones is 1. The first-order valence-electron chi connectivity index (χ1n) is 4.75. The summed E-state index contributed by atoms with van der Waals surface area (Å²) in [5.74, 6) is 0.378. The molecular weight excluding hydrogens is 344 g/mol. The molecule has 0 aliphatic carbocycles. The Balaban J connectivity index is 2.16. The van der Waals surface area contributed by atoms with Crippen LogP contribution in [0.25, 0.3) is 0 Å². The van der Waals surface area contributed by atoms with Crippen LogP contribution >= 0.6 is 43.2 Å². The monoisotopic (exact) mass is 352 g/mol. The molecule has 0 spiro atoms. The minimum atomic E-state index is 0.136. The summed E-state index contributed by atoms with van der Waals surface area (Å²) in [5, 5.41) is 0. The SMILES string of the molecule is O=C(c1cc(Br)sc1Br)C1CCOCC1. The highest BCUT2D eigenvalue weighted by Crippen LogP contribution is 2.34. The molecule has 2 nitrogen and oxygen atoms in total. The Morgan fingerprint density at radius 2 is 2.07 bits per heavy atom. The van der Waals surface area contributed by atoms with Crippen LogP contribution in [-0.2, 0) is 4.74 Å². The summed E-state index contributed by atoms with van der Waals surface area (Å²) in [6.07, 6.45) is 1.69. The molecule has 2 heterocycles. The van der Waals surface area contributed by atoms with Crippen molar-refractivity contribution in [2.45, 2.75) is 12.8 Å². The van der Waals surface area contributed by atoms with E-state index in [1.807, 2.05) is 6.07 Å². The zero-order chi connectivity index (χ0) is 10.8. The molecule has 2 rings (SSSR count). The highest BCUT2D eigenvalue weighted by molar-refractivity contribution is 9.12. The number of rotatable bonds is 2. The van der Waals surface area contributed by atoms with E-state index in [1.54, 1.807) is 11.3 Å². The van der Waals surface area contributed by atoms with Gasteiger partial charge in [-0.3, -0.25) is 4.79 Å². The molecule has 0 atom stereocenters. The fourth-order valence-electron chi connectivity index (χ4n) is 1.69. The van der Waals surface area contributed by atoms with E-state index in [0.29, 0.717) is 13.2 Å². The van der Waals surface area contributed by atoms with Crippen LogP contribution in [0.5, 0.6) is 0 Å². The number of halogens is 2. The molecule has 15 heavy (non-hydrogen) atoms. The van der Waals surface area contributed by atoms with Crippen LogP contribution in [0.15, 0.2) is 13.6 Å². The predicted octanol–water partition coefficient (Wildman–Crippen LogP) is 3.88. The third kappa shape index (κ3) is 2.70. The number of hydrogen-bond donors (Lipinski definition) is 0. The van der Waals surface area contributed by atoms with Crippen molar-refractivity contribution >= 4 is 49.0 Å². The van der Waals surface area contributed by atoms with Crippen molar-refractivity contribution < 1.29 is 9.53 Å². The van der Waals surface area contributed by atoms with E-state index >= 15 is 0 Å². The molecular formula is C10H10Br2O2S. The summed E-state index contributed by atoms with van der Waals surface area (Å²) in [5.41, 5.74) is 0.804. The average Bonchev–Trinajstić information content (AvgIpc) is 2.58. The van der Waals surface area contributed by atoms with Crippen LogP contribution in [0.3, 0.4) is 0 Å². The number of carbonyl (C=O) groups excluding carboxylic acids is 1. The summed E-state index contributed by atoms with van der Waals surface area (Å²) in [4.78, 5) is 12.1. The number of Topliss-reactive ketones (excluding diaryl/α,β-unsaturated/α-hetero) is 1. The van der Waals surface area contributed by atoms with E-state index in [9.17, 15) is 4.79 Å². The number of carbonyl (C=O) groups is 1. The van der Waals surface area contributed by atoms with Gasteiger partial charge in [0.15, 0.2) is 5.78 Å². The van der Waals surface area contributed by atoms with E-state index in [1.165, 1.54) is 0 Å². The van der Waals surface area contributed by atoms with Gasteiger partial charge in [0.05, 0.1) is 7.57 Å². The van der Waals surface area contributed by atoms with Crippen molar-refractivity contribution in [3.8, 4) is 0 Å². The van der Waals surface area contributed by atoms with Gasteiger partial charge in [-0.2, -0.15) is 0 Å². The lowest BCUT2D eigenvalue weighted by Crippen LogP contribution is -2.23. The van der Waals surface area contributed by atoms with Crippen molar-refractivity contribution in [2.75, 3.05) is 13.2 Å². The van der Waals surface area contributed by atoms with Crippen LogP contribution in [0.1, 0.15) is 23.2 Å². The standard InChI is InChI=1S/C10H10Br2O2S/c11-8-5-7(10(12)15-8)9(13)6-1-3-14-4-2-6/h5-6H,1-4H2. The van der Waals surface area contributed by atoms with Gasteiger partial charge < -0.3 is 4.74 Å². The molecule has 0 aromatic carbocycles. The molecule has 1 fully saturated rings. The van der Waals surface area contributed by atoms with Crippen LogP contribution in [0.4, 0.5) is 0 Å². The molecule has 1 aliphatic rings. The maximum atomic E-state index is 12.1. The largest absolute Gasteiger partial charge is 0.381 e. The third-order valence-corrected chi connectivity index (χ3v) is 4.85. The van der Waals surface area contributed by atoms with E-state index in [2.05, 4.69) is 31.9 Å². The van der Waals surface area contributed by atoms with E-state index in [-0.39, 0.29) is 11.7 Å². The Morgan fingerprint density at radius 1 is 1.40 bits per heavy atom. The highest BCUT2D eigenvalue weighted by Gasteiger charge is 2.25. The molecule has 0 unspecified atom stereocenters. The fraction of sp³-hybridized carbons (Fsp3) is 0.500. The first-order valence-corrected chi connectivity index (χ1v) is 7.15. The topological polar surface area (TPSA) is 26.3 Å². The molecule has 0 saturated carbocycles. The van der Waals surface area contributed by atoms with Crippen LogP contribution < -0.4 is 0 Å². The lowest BCUT2D eigenvalue weighted by Gasteiger charge is -2.20. The Bertz CT molecular complexity index is 369. The zero-order valence-electron chi connectivity index (χ0n) is 7.96. The first-order chi connectivity index (χ1) is 7.18. The molecule has 0 bridgehead atoms. The van der Waals surface area contributed by atoms with Gasteiger partial charge >= 0.3 is 0 Å². The molecule has 1 aromatic heterocycles. The van der Waals surface area contributed by atoms with Crippen LogP contribution in [0, 0.1) is 5.92 Å². The molecule has 1 saturated heterocycles. The minimum Gasteiger partial charge on any atom is -0.381 e. The summed E-state index contributed by atoms with van der Waals surface area (Å²) >= 11 is 8.35. The average molecular weight is 354 g/mol. The molecule has 0 N–H and O–H groups in total. The van der Waals surface area contributed by atoms with Gasteiger partial charge in [0, 0.05) is 24.7 Å². The maximum absolute atomic E-state index is 12.1. The van der Waals surface area contributed by atoms with Crippen molar-refractivity contribution in [2.24, 2.45) is 5.92 Å². The number of ether oxygens (including phenoxy) is 1. The lowest BCUT2D eigenvalue weighted by atomic mass is 9.92. The molecule has 0 radical (unpaired) electrons. The van der Waals surface area contributed by atoms with Gasteiger partial charge in [0.2, 0.25) is 0 Å². The van der Waals surface area contributed by atoms with Crippen LogP contribution in [0.2, 0.25) is 0 Å². The quantitative estimate of drug-likeness (QED) is 0.754. The summed E-state index contributed by atoms with van der Waals surface area (Å²) in [6, 6.07) is 1.90. The molecule has 1 aromatic rings. The highest BCUT2D eigenvalue weighted by atomic mass is 79.9. The van der Waals surface area contributed by atoms with Crippen LogP contribution in [-0.4, -0.2) is 19.0 Å². The van der Waals surface area contributed by atoms with E-state index < -0.39 is 0 Å². The second-order valence-corrected chi connectivity index (χ2v) is 7.24. The maximum Gasteiger partial charge on any atom is 0.168 e. The Hall–Kier alpha value is 0.290. The smallest absolute Gasteiger partial charge is 0.168 e. The first kappa shape index (κ1) is 11.8. The zero-order valence-corrected chi connectivity index (χ0v) is 12.0. The van der Waals surface area contributed by atoms with Gasteiger partial charge in [0.25, 0.3) is 0 Å². The third-order valence-electron chi connectivity index (χ3n) is 2.51. The molecule has 1 aliphatic heterocycles. The van der Waals surface area contributed by atoms with Gasteiger partial charge in [-0.15, -0.1) is 11.3 Å². The van der Waals surface area contributed by atoms with Gasteiger partial charge in [-0.1, -0.05) is 0 Å². The Kier molecular flexibility index (Phi) is 3.98. The number of hydrogen-bond acceptors (Lipinski definition) is 3. The second-order valence-electron chi connectivity index (χ2n) is 3.49. The van der Waals surface area contributed by atoms with Crippen molar-refractivity contribution in [1.29, 1.82) is 0 Å². The van der Waals surface area contributed by atoms with Crippen molar-refractivity contribution in [3.05, 3.63) is 19.2 Å². The minimum absolute atomic E-state index is 0.136. The number of thiophene rings is 1. The van der Waals surface area contributed by atoms with Gasteiger partial charge in [0.1, 0.15) is 0 Å². The van der Waals surface area contributed by atoms with Crippen molar-refractivity contribution in [3.63, 3.8) is 0 Å². The van der Waals surface area contributed by atoms with Gasteiger partial charge in [-0.05, 0) is 50.8 Å². The Labute approximate surface area is 109 Å². The molecule has 0 amide bonds. The summed E-state index contributed by atoms with van der Waals surface area (Å²) in [6.45, 7) is 1.42. The summed E-state index contributed by atoms with van der Waals surface area (Å²) in [7, 11) is 0. The summed E-state index contributed by atoms with van der Waals surface area (Å²) < 4.78 is 7.16. The van der Waals surface area contributed by atoms with E-state index in [4.69, 9.17) is 4.74 Å². The lowest BCUT2D eigenvalue weighted by molar-refractivity contribution is 0.0544.